The Morgan fingerprint density at radius 1 is 1.08 bits per heavy atom. The number of hydrogen-bond donors (Lipinski definition) is 2. The second-order valence-corrected chi connectivity index (χ2v) is 7.81. The number of nitrogens with zero attached hydrogens (tertiary/aromatic N) is 2. The van der Waals surface area contributed by atoms with Crippen molar-refractivity contribution < 1.29 is 9.53 Å². The van der Waals surface area contributed by atoms with E-state index in [2.05, 4.69) is 15.3 Å². The molecule has 2 atom stereocenters. The molecule has 1 amide bonds. The topological polar surface area (TPSA) is 90.1 Å². The number of hydrogen-bond acceptors (Lipinski definition) is 5. The van der Waals surface area contributed by atoms with Gasteiger partial charge in [0.15, 0.2) is 0 Å². The monoisotopic (exact) mass is 360 g/mol. The Bertz CT molecular complexity index is 542. The van der Waals surface area contributed by atoms with Crippen LogP contribution in [0.4, 0.5) is 0 Å². The predicted molar refractivity (Wildman–Crippen MR) is 100 cm³/mol. The molecule has 1 aliphatic carbocycles. The van der Waals surface area contributed by atoms with E-state index in [0.717, 1.165) is 38.9 Å². The third-order valence-corrected chi connectivity index (χ3v) is 5.77. The fourth-order valence-corrected chi connectivity index (χ4v) is 4.20. The van der Waals surface area contributed by atoms with E-state index in [9.17, 15) is 4.79 Å². The number of nitrogens with two attached hydrogens (primary N) is 1. The lowest BCUT2D eigenvalue weighted by Crippen LogP contribution is -2.44. The van der Waals surface area contributed by atoms with Crippen molar-refractivity contribution in [2.75, 3.05) is 13.2 Å². The summed E-state index contributed by atoms with van der Waals surface area (Å²) in [4.78, 5) is 21.5. The molecule has 6 nitrogen and oxygen atoms in total. The quantitative estimate of drug-likeness (QED) is 0.780. The number of carbonyl (C=O) groups excluding carboxylic acids is 1. The second-order valence-electron chi connectivity index (χ2n) is 7.81. The summed E-state index contributed by atoms with van der Waals surface area (Å²) in [6.45, 7) is 1.56. The molecule has 3 rings (SSSR count). The van der Waals surface area contributed by atoms with Gasteiger partial charge >= 0.3 is 0 Å². The molecule has 0 aromatic carbocycles. The maximum absolute atomic E-state index is 12.7. The van der Waals surface area contributed by atoms with E-state index < -0.39 is 6.04 Å². The van der Waals surface area contributed by atoms with Gasteiger partial charge in [0.05, 0.1) is 12.1 Å². The first-order valence-corrected chi connectivity index (χ1v) is 10.1. The van der Waals surface area contributed by atoms with Gasteiger partial charge in [-0.15, -0.1) is 0 Å². The van der Waals surface area contributed by atoms with Gasteiger partial charge in [-0.05, 0) is 43.6 Å². The fourth-order valence-electron chi connectivity index (χ4n) is 4.20. The van der Waals surface area contributed by atoms with Crippen molar-refractivity contribution in [1.29, 1.82) is 0 Å². The normalized spacial score (nSPS) is 21.9. The number of nitrogens with one attached hydrogen (secondary N) is 1. The Morgan fingerprint density at radius 2 is 1.73 bits per heavy atom. The van der Waals surface area contributed by atoms with Crippen LogP contribution in [-0.2, 0) is 9.53 Å². The molecular formula is C20H32N4O2. The lowest BCUT2D eigenvalue weighted by atomic mass is 9.84. The highest BCUT2D eigenvalue weighted by atomic mass is 16.5. The van der Waals surface area contributed by atoms with Gasteiger partial charge in [0, 0.05) is 25.6 Å². The van der Waals surface area contributed by atoms with E-state index >= 15 is 0 Å². The first-order valence-electron chi connectivity index (χ1n) is 10.1. The Balaban J connectivity index is 1.59. The molecule has 2 aliphatic rings. The molecule has 1 saturated heterocycles. The molecule has 3 N–H and O–H groups in total. The Kier molecular flexibility index (Phi) is 7.38. The smallest absolute Gasteiger partial charge is 0.237 e. The first-order chi connectivity index (χ1) is 12.7. The maximum Gasteiger partial charge on any atom is 0.237 e. The molecule has 1 saturated carbocycles. The Labute approximate surface area is 156 Å². The molecule has 0 radical (unpaired) electrons. The zero-order valence-corrected chi connectivity index (χ0v) is 15.6. The number of ether oxygens (including phenoxy) is 1. The second kappa shape index (κ2) is 9.97. The molecule has 144 valence electrons. The average molecular weight is 361 g/mol. The van der Waals surface area contributed by atoms with Crippen molar-refractivity contribution in [3.8, 4) is 0 Å². The minimum atomic E-state index is -0.476. The fraction of sp³-hybridized carbons (Fsp3) is 0.750. The van der Waals surface area contributed by atoms with E-state index in [1.807, 2.05) is 0 Å². The van der Waals surface area contributed by atoms with Crippen molar-refractivity contribution in [3.63, 3.8) is 0 Å². The Hall–Kier alpha value is -1.53. The molecule has 1 aromatic heterocycles. The van der Waals surface area contributed by atoms with Gasteiger partial charge in [-0.3, -0.25) is 4.79 Å². The van der Waals surface area contributed by atoms with E-state index in [1.54, 1.807) is 18.5 Å². The van der Waals surface area contributed by atoms with Crippen LogP contribution < -0.4 is 11.1 Å². The van der Waals surface area contributed by atoms with Crippen LogP contribution >= 0.6 is 0 Å². The predicted octanol–water partition coefficient (Wildman–Crippen LogP) is 2.75. The van der Waals surface area contributed by atoms with E-state index in [-0.39, 0.29) is 11.9 Å². The zero-order chi connectivity index (χ0) is 18.2. The van der Waals surface area contributed by atoms with Crippen LogP contribution in [0.5, 0.6) is 0 Å². The summed E-state index contributed by atoms with van der Waals surface area (Å²) >= 11 is 0. The summed E-state index contributed by atoms with van der Waals surface area (Å²) < 4.78 is 5.39. The summed E-state index contributed by atoms with van der Waals surface area (Å²) in [5.74, 6) is 1.73. The van der Waals surface area contributed by atoms with Crippen LogP contribution in [0.3, 0.4) is 0 Å². The van der Waals surface area contributed by atoms with Gasteiger partial charge in [0.25, 0.3) is 0 Å². The average Bonchev–Trinajstić information content (AvgIpc) is 2.69. The SMILES string of the molecule is NC(CC1CCOCC1)C(=O)NC(CC1CCCCC1)c1ncccn1. The van der Waals surface area contributed by atoms with Crippen LogP contribution in [0, 0.1) is 11.8 Å². The number of aromatic nitrogens is 2. The third-order valence-electron chi connectivity index (χ3n) is 5.77. The van der Waals surface area contributed by atoms with Crippen molar-refractivity contribution in [3.05, 3.63) is 24.3 Å². The summed E-state index contributed by atoms with van der Waals surface area (Å²) in [5, 5.41) is 3.15. The summed E-state index contributed by atoms with van der Waals surface area (Å²) in [5.41, 5.74) is 6.21. The van der Waals surface area contributed by atoms with Gasteiger partial charge in [-0.25, -0.2) is 9.97 Å². The molecule has 26 heavy (non-hydrogen) atoms. The number of amides is 1. The molecular weight excluding hydrogens is 328 g/mol. The summed E-state index contributed by atoms with van der Waals surface area (Å²) in [6, 6.07) is 1.18. The molecule has 2 fully saturated rings. The van der Waals surface area contributed by atoms with E-state index in [0.29, 0.717) is 17.7 Å². The highest BCUT2D eigenvalue weighted by molar-refractivity contribution is 5.81. The van der Waals surface area contributed by atoms with Crippen LogP contribution in [0.15, 0.2) is 18.5 Å². The lowest BCUT2D eigenvalue weighted by Gasteiger charge is -2.28. The summed E-state index contributed by atoms with van der Waals surface area (Å²) in [7, 11) is 0. The molecule has 1 aromatic rings. The van der Waals surface area contributed by atoms with Crippen molar-refractivity contribution in [2.45, 2.75) is 69.9 Å². The lowest BCUT2D eigenvalue weighted by molar-refractivity contribution is -0.123. The molecule has 1 aliphatic heterocycles. The third kappa shape index (κ3) is 5.74. The van der Waals surface area contributed by atoms with Crippen LogP contribution in [0.2, 0.25) is 0 Å². The van der Waals surface area contributed by atoms with Crippen molar-refractivity contribution in [1.82, 2.24) is 15.3 Å². The van der Waals surface area contributed by atoms with Crippen molar-refractivity contribution in [2.24, 2.45) is 17.6 Å². The maximum atomic E-state index is 12.7. The van der Waals surface area contributed by atoms with E-state index in [1.165, 1.54) is 32.1 Å². The molecule has 2 unspecified atom stereocenters. The van der Waals surface area contributed by atoms with E-state index in [4.69, 9.17) is 10.5 Å². The highest BCUT2D eigenvalue weighted by Gasteiger charge is 2.27. The largest absolute Gasteiger partial charge is 0.381 e. The van der Waals surface area contributed by atoms with Gasteiger partial charge in [0.1, 0.15) is 5.82 Å². The summed E-state index contributed by atoms with van der Waals surface area (Å²) in [6.07, 6.45) is 13.4. The standard InChI is InChI=1S/C20H32N4O2/c21-17(13-16-7-11-26-12-8-16)20(25)24-18(19-22-9-4-10-23-19)14-15-5-2-1-3-6-15/h4,9-10,15-18H,1-3,5-8,11-14,21H2,(H,24,25). The molecule has 2 heterocycles. The number of rotatable bonds is 7. The van der Waals surface area contributed by atoms with Gasteiger partial charge in [-0.2, -0.15) is 0 Å². The van der Waals surface area contributed by atoms with Crippen molar-refractivity contribution >= 4 is 5.91 Å². The molecule has 0 bridgehead atoms. The minimum absolute atomic E-state index is 0.0789. The number of carbonyl (C=O) groups is 1. The van der Waals surface area contributed by atoms with Gasteiger partial charge in [-0.1, -0.05) is 32.1 Å². The van der Waals surface area contributed by atoms with Crippen LogP contribution in [0.25, 0.3) is 0 Å². The molecule has 6 heteroatoms. The highest BCUT2D eigenvalue weighted by Crippen LogP contribution is 2.31. The first kappa shape index (κ1) is 19.2. The minimum Gasteiger partial charge on any atom is -0.381 e. The van der Waals surface area contributed by atoms with Gasteiger partial charge in [0.2, 0.25) is 5.91 Å². The van der Waals surface area contributed by atoms with Crippen LogP contribution in [0.1, 0.15) is 69.7 Å². The Morgan fingerprint density at radius 3 is 2.42 bits per heavy atom. The zero-order valence-electron chi connectivity index (χ0n) is 15.6. The van der Waals surface area contributed by atoms with Crippen LogP contribution in [-0.4, -0.2) is 35.1 Å². The van der Waals surface area contributed by atoms with Gasteiger partial charge < -0.3 is 15.8 Å². The molecule has 0 spiro atoms.